The van der Waals surface area contributed by atoms with Gasteiger partial charge in [0.1, 0.15) is 4.87 Å². The molecule has 0 bridgehead atoms. The Balaban J connectivity index is 2.46. The van der Waals surface area contributed by atoms with E-state index in [1.54, 1.807) is 11.8 Å². The van der Waals surface area contributed by atoms with Crippen LogP contribution in [0.3, 0.4) is 0 Å². The lowest BCUT2D eigenvalue weighted by Crippen LogP contribution is -2.34. The smallest absolute Gasteiger partial charge is 0.131 e. The van der Waals surface area contributed by atoms with Crippen molar-refractivity contribution in [2.45, 2.75) is 17.0 Å². The molecule has 0 aromatic heterocycles. The first kappa shape index (κ1) is 11.7. The largest absolute Gasteiger partial charge is 0.156 e. The number of nitrogens with zero attached hydrogens (tertiary/aromatic N) is 3. The normalized spacial score (nSPS) is 29.4. The molecule has 2 rings (SSSR count). The van der Waals surface area contributed by atoms with Crippen LogP contribution in [0.1, 0.15) is 12.5 Å². The van der Waals surface area contributed by atoms with Gasteiger partial charge >= 0.3 is 0 Å². The third kappa shape index (κ3) is 2.03. The molecule has 1 heterocycles. The molecule has 0 N–H and O–H groups in total. The van der Waals surface area contributed by atoms with Crippen molar-refractivity contribution in [1.82, 2.24) is 0 Å². The zero-order valence-corrected chi connectivity index (χ0v) is 10.7. The van der Waals surface area contributed by atoms with Gasteiger partial charge in [-0.15, -0.1) is 11.8 Å². The molecule has 1 aromatic carbocycles. The number of azide groups is 1. The van der Waals surface area contributed by atoms with E-state index >= 15 is 0 Å². The van der Waals surface area contributed by atoms with Gasteiger partial charge in [0.2, 0.25) is 0 Å². The van der Waals surface area contributed by atoms with Crippen molar-refractivity contribution in [3.63, 3.8) is 0 Å². The highest BCUT2D eigenvalue weighted by Gasteiger charge is 2.40. The minimum atomic E-state index is -0.432. The van der Waals surface area contributed by atoms with Crippen molar-refractivity contribution in [2.24, 2.45) is 5.11 Å². The first-order chi connectivity index (χ1) is 7.79. The molecule has 0 radical (unpaired) electrons. The van der Waals surface area contributed by atoms with Gasteiger partial charge in [-0.05, 0) is 11.1 Å². The van der Waals surface area contributed by atoms with E-state index in [0.717, 1.165) is 17.1 Å². The summed E-state index contributed by atoms with van der Waals surface area (Å²) >= 11 is 3.63. The summed E-state index contributed by atoms with van der Waals surface area (Å²) in [6.07, 6.45) is 0. The Morgan fingerprint density at radius 2 is 2.12 bits per heavy atom. The average Bonchev–Trinajstić information content (AvgIpc) is 2.34. The zero-order chi connectivity index (χ0) is 11.4. The van der Waals surface area contributed by atoms with Gasteiger partial charge in [-0.2, -0.15) is 11.8 Å². The van der Waals surface area contributed by atoms with Crippen LogP contribution in [0.5, 0.6) is 0 Å². The highest BCUT2D eigenvalue weighted by Crippen LogP contribution is 2.49. The fourth-order valence-electron chi connectivity index (χ4n) is 1.88. The Bertz CT molecular complexity index is 403. The van der Waals surface area contributed by atoms with Gasteiger partial charge in [0.25, 0.3) is 0 Å². The Labute approximate surface area is 104 Å². The second-order valence-electron chi connectivity index (χ2n) is 3.61. The molecule has 1 aromatic rings. The SMILES string of the molecule is C[C@@H]1SCCS[C@]1(N=[N+]=[N-])c1ccccc1. The van der Waals surface area contributed by atoms with Crippen LogP contribution in [-0.2, 0) is 4.87 Å². The third-order valence-electron chi connectivity index (χ3n) is 2.71. The number of hydrogen-bond acceptors (Lipinski definition) is 3. The molecule has 0 spiro atoms. The second-order valence-corrected chi connectivity index (χ2v) is 6.38. The summed E-state index contributed by atoms with van der Waals surface area (Å²) in [6.45, 7) is 2.14. The van der Waals surface area contributed by atoms with Crippen molar-refractivity contribution in [3.05, 3.63) is 46.3 Å². The van der Waals surface area contributed by atoms with E-state index in [-0.39, 0.29) is 0 Å². The number of hydrogen-bond donors (Lipinski definition) is 0. The Kier molecular flexibility index (Phi) is 3.69. The van der Waals surface area contributed by atoms with E-state index in [1.807, 2.05) is 42.1 Å². The van der Waals surface area contributed by atoms with Crippen molar-refractivity contribution in [1.29, 1.82) is 0 Å². The Hall–Kier alpha value is -0.770. The highest BCUT2D eigenvalue weighted by atomic mass is 32.2. The monoisotopic (exact) mass is 251 g/mol. The lowest BCUT2D eigenvalue weighted by Gasteiger charge is -2.38. The summed E-state index contributed by atoms with van der Waals surface area (Å²) in [5, 5.41) is 4.40. The summed E-state index contributed by atoms with van der Waals surface area (Å²) < 4.78 is 0. The van der Waals surface area contributed by atoms with Crippen molar-refractivity contribution in [3.8, 4) is 0 Å². The molecule has 1 saturated heterocycles. The molecule has 0 unspecified atom stereocenters. The van der Waals surface area contributed by atoms with Gasteiger partial charge in [-0.25, -0.2) is 0 Å². The quantitative estimate of drug-likeness (QED) is 0.453. The average molecular weight is 251 g/mol. The predicted octanol–water partition coefficient (Wildman–Crippen LogP) is 4.02. The van der Waals surface area contributed by atoms with Crippen LogP contribution in [0, 0.1) is 0 Å². The first-order valence-corrected chi connectivity index (χ1v) is 7.20. The van der Waals surface area contributed by atoms with Gasteiger partial charge in [0, 0.05) is 21.7 Å². The fourth-order valence-corrected chi connectivity index (χ4v) is 4.71. The van der Waals surface area contributed by atoms with Gasteiger partial charge in [0.05, 0.1) is 0 Å². The van der Waals surface area contributed by atoms with Crippen LogP contribution in [-0.4, -0.2) is 16.8 Å². The molecule has 2 atom stereocenters. The maximum atomic E-state index is 8.80. The van der Waals surface area contributed by atoms with E-state index < -0.39 is 4.87 Å². The Morgan fingerprint density at radius 3 is 2.75 bits per heavy atom. The molecular formula is C11H13N3S2. The summed E-state index contributed by atoms with van der Waals surface area (Å²) in [5.41, 5.74) is 9.91. The molecule has 0 aliphatic carbocycles. The second kappa shape index (κ2) is 5.04. The topological polar surface area (TPSA) is 48.8 Å². The summed E-state index contributed by atoms with van der Waals surface area (Å²) in [7, 11) is 0. The van der Waals surface area contributed by atoms with Crippen molar-refractivity contribution >= 4 is 23.5 Å². The van der Waals surface area contributed by atoms with E-state index in [1.165, 1.54) is 0 Å². The minimum Gasteiger partial charge on any atom is -0.156 e. The molecule has 1 aliphatic heterocycles. The van der Waals surface area contributed by atoms with Crippen LogP contribution >= 0.6 is 23.5 Å². The summed E-state index contributed by atoms with van der Waals surface area (Å²) in [5.74, 6) is 2.16. The molecule has 1 fully saturated rings. The van der Waals surface area contributed by atoms with E-state index in [0.29, 0.717) is 5.25 Å². The van der Waals surface area contributed by atoms with E-state index in [9.17, 15) is 0 Å². The molecule has 3 nitrogen and oxygen atoms in total. The van der Waals surface area contributed by atoms with E-state index in [2.05, 4.69) is 16.9 Å². The Morgan fingerprint density at radius 1 is 1.38 bits per heavy atom. The summed E-state index contributed by atoms with van der Waals surface area (Å²) in [4.78, 5) is 2.62. The molecular weight excluding hydrogens is 238 g/mol. The molecule has 16 heavy (non-hydrogen) atoms. The molecule has 84 valence electrons. The molecule has 0 amide bonds. The van der Waals surface area contributed by atoms with Gasteiger partial charge in [-0.1, -0.05) is 42.4 Å². The maximum Gasteiger partial charge on any atom is 0.131 e. The molecule has 1 aliphatic rings. The van der Waals surface area contributed by atoms with Crippen LogP contribution in [0.2, 0.25) is 0 Å². The van der Waals surface area contributed by atoms with Crippen molar-refractivity contribution in [2.75, 3.05) is 11.5 Å². The fraction of sp³-hybridized carbons (Fsp3) is 0.455. The third-order valence-corrected chi connectivity index (χ3v) is 5.91. The van der Waals surface area contributed by atoms with Crippen molar-refractivity contribution < 1.29 is 0 Å². The van der Waals surface area contributed by atoms with Gasteiger partial charge in [0.15, 0.2) is 0 Å². The van der Waals surface area contributed by atoms with Crippen LogP contribution < -0.4 is 0 Å². The number of rotatable bonds is 2. The highest BCUT2D eigenvalue weighted by molar-refractivity contribution is 8.07. The molecule has 0 saturated carbocycles. The maximum absolute atomic E-state index is 8.80. The summed E-state index contributed by atoms with van der Waals surface area (Å²) in [6, 6.07) is 10.1. The number of benzene rings is 1. The van der Waals surface area contributed by atoms with Gasteiger partial charge < -0.3 is 0 Å². The zero-order valence-electron chi connectivity index (χ0n) is 9.04. The lowest BCUT2D eigenvalue weighted by molar-refractivity contribution is 0.637. The van der Waals surface area contributed by atoms with Crippen LogP contribution in [0.15, 0.2) is 35.4 Å². The lowest BCUT2D eigenvalue weighted by atomic mass is 10.0. The molecule has 5 heteroatoms. The number of thioether (sulfide) groups is 2. The predicted molar refractivity (Wildman–Crippen MR) is 71.6 cm³/mol. The van der Waals surface area contributed by atoms with E-state index in [4.69, 9.17) is 5.53 Å². The first-order valence-electron chi connectivity index (χ1n) is 5.17. The standard InChI is InChI=1S/C11H13N3S2/c1-9-11(13-14-12,16-8-7-15-9)10-5-3-2-4-6-10/h2-6,9H,7-8H2,1H3/t9-,11-/m0/s1. The van der Waals surface area contributed by atoms with Crippen LogP contribution in [0.4, 0.5) is 0 Å². The van der Waals surface area contributed by atoms with Crippen LogP contribution in [0.25, 0.3) is 10.4 Å². The minimum absolute atomic E-state index is 0.310. The van der Waals surface area contributed by atoms with Gasteiger partial charge in [-0.3, -0.25) is 0 Å².